The molecular weight excluding hydrogens is 530 g/mol. The number of carbonyl (C=O) groups excluding carboxylic acids is 2. The maximum absolute atomic E-state index is 13.5. The normalized spacial score (nSPS) is 11.1. The second-order valence-corrected chi connectivity index (χ2v) is 10.2. The molecule has 0 aromatic heterocycles. The molecule has 9 nitrogen and oxygen atoms in total. The maximum atomic E-state index is 13.5. The molecule has 1 N–H and O–H groups in total. The highest BCUT2D eigenvalue weighted by Gasteiger charge is 2.27. The zero-order valence-corrected chi connectivity index (χ0v) is 22.5. The monoisotopic (exact) mass is 557 g/mol. The lowest BCUT2D eigenvalue weighted by Gasteiger charge is -2.23. The molecule has 204 valence electrons. The van der Waals surface area contributed by atoms with Crippen LogP contribution in [0, 0.1) is 0 Å². The Morgan fingerprint density at radius 1 is 0.825 bits per heavy atom. The van der Waals surface area contributed by atoms with Gasteiger partial charge in [0, 0.05) is 0 Å². The van der Waals surface area contributed by atoms with E-state index in [9.17, 15) is 18.0 Å². The van der Waals surface area contributed by atoms with Gasteiger partial charge in [0.1, 0.15) is 18.0 Å². The standard InChI is InChI=1S/C30H27N3O6S/c1-2-38-26-17-19-28(20-18-26)40(36,37)33(25-11-7-4-8-12-25)22-29(34)32-31-21-23-13-15-27(16-14-23)39-30(35)24-9-5-3-6-10-24/h3-21H,2,22H2,1H3,(H,32,34)/b31-21+. The van der Waals surface area contributed by atoms with Gasteiger partial charge in [0.25, 0.3) is 15.9 Å². The highest BCUT2D eigenvalue weighted by Crippen LogP contribution is 2.25. The van der Waals surface area contributed by atoms with Gasteiger partial charge in [-0.15, -0.1) is 0 Å². The van der Waals surface area contributed by atoms with Crippen molar-refractivity contribution in [2.45, 2.75) is 11.8 Å². The molecular formula is C30H27N3O6S. The molecule has 0 unspecified atom stereocenters. The summed E-state index contributed by atoms with van der Waals surface area (Å²) in [5, 5.41) is 3.94. The van der Waals surface area contributed by atoms with Crippen LogP contribution in [0.4, 0.5) is 5.69 Å². The van der Waals surface area contributed by atoms with Crippen LogP contribution in [0.3, 0.4) is 0 Å². The Kier molecular flexibility index (Phi) is 9.27. The summed E-state index contributed by atoms with van der Waals surface area (Å²) in [5.74, 6) is -0.212. The second kappa shape index (κ2) is 13.2. The minimum Gasteiger partial charge on any atom is -0.494 e. The van der Waals surface area contributed by atoms with Gasteiger partial charge < -0.3 is 9.47 Å². The summed E-state index contributed by atoms with van der Waals surface area (Å²) >= 11 is 0. The van der Waals surface area contributed by atoms with E-state index in [1.54, 1.807) is 91.0 Å². The Bertz CT molecular complexity index is 1560. The van der Waals surface area contributed by atoms with Crippen molar-refractivity contribution in [2.24, 2.45) is 5.10 Å². The molecule has 40 heavy (non-hydrogen) atoms. The number of carbonyl (C=O) groups is 2. The Morgan fingerprint density at radius 3 is 2.05 bits per heavy atom. The summed E-state index contributed by atoms with van der Waals surface area (Å²) in [4.78, 5) is 24.9. The first kappa shape index (κ1) is 28.1. The van der Waals surface area contributed by atoms with Gasteiger partial charge in [-0.25, -0.2) is 18.6 Å². The summed E-state index contributed by atoms with van der Waals surface area (Å²) in [6, 6.07) is 29.5. The predicted octanol–water partition coefficient (Wildman–Crippen LogP) is 4.65. The van der Waals surface area contributed by atoms with Crippen LogP contribution in [0.15, 0.2) is 119 Å². The number of nitrogens with one attached hydrogen (secondary N) is 1. The van der Waals surface area contributed by atoms with Gasteiger partial charge >= 0.3 is 5.97 Å². The summed E-state index contributed by atoms with van der Waals surface area (Å²) in [6.45, 7) is 1.79. The Morgan fingerprint density at radius 2 is 1.43 bits per heavy atom. The minimum atomic E-state index is -4.07. The fraction of sp³-hybridized carbons (Fsp3) is 0.100. The van der Waals surface area contributed by atoms with Gasteiger partial charge in [0.15, 0.2) is 0 Å². The molecule has 0 bridgehead atoms. The van der Waals surface area contributed by atoms with Crippen molar-refractivity contribution in [3.05, 3.63) is 120 Å². The predicted molar refractivity (Wildman–Crippen MR) is 152 cm³/mol. The van der Waals surface area contributed by atoms with Crippen LogP contribution in [0.25, 0.3) is 0 Å². The van der Waals surface area contributed by atoms with E-state index in [-0.39, 0.29) is 4.90 Å². The number of sulfonamides is 1. The van der Waals surface area contributed by atoms with E-state index in [4.69, 9.17) is 9.47 Å². The third-order valence-corrected chi connectivity index (χ3v) is 7.35. The number of benzene rings is 4. The van der Waals surface area contributed by atoms with E-state index in [2.05, 4.69) is 10.5 Å². The van der Waals surface area contributed by atoms with Crippen LogP contribution >= 0.6 is 0 Å². The lowest BCUT2D eigenvalue weighted by Crippen LogP contribution is -2.39. The van der Waals surface area contributed by atoms with Crippen molar-refractivity contribution in [1.82, 2.24) is 5.43 Å². The molecule has 0 radical (unpaired) electrons. The molecule has 0 aliphatic carbocycles. The molecule has 0 saturated carbocycles. The first-order valence-corrected chi connectivity index (χ1v) is 13.8. The van der Waals surface area contributed by atoms with Crippen LogP contribution in [-0.2, 0) is 14.8 Å². The molecule has 10 heteroatoms. The number of nitrogens with zero attached hydrogens (tertiary/aromatic N) is 2. The highest BCUT2D eigenvalue weighted by atomic mass is 32.2. The third kappa shape index (κ3) is 7.33. The fourth-order valence-electron chi connectivity index (χ4n) is 3.62. The molecule has 0 aliphatic rings. The Labute approximate surface area is 232 Å². The molecule has 0 saturated heterocycles. The largest absolute Gasteiger partial charge is 0.494 e. The van der Waals surface area contributed by atoms with Crippen molar-refractivity contribution in [1.29, 1.82) is 0 Å². The van der Waals surface area contributed by atoms with Crippen LogP contribution in [0.5, 0.6) is 11.5 Å². The molecule has 1 amide bonds. The van der Waals surface area contributed by atoms with Gasteiger partial charge in [-0.3, -0.25) is 9.10 Å². The highest BCUT2D eigenvalue weighted by molar-refractivity contribution is 7.92. The lowest BCUT2D eigenvalue weighted by atomic mass is 10.2. The topological polar surface area (TPSA) is 114 Å². The van der Waals surface area contributed by atoms with E-state index in [0.717, 1.165) is 4.31 Å². The summed E-state index contributed by atoms with van der Waals surface area (Å²) in [7, 11) is -4.07. The van der Waals surface area contributed by atoms with E-state index < -0.39 is 28.4 Å². The molecule has 4 aromatic carbocycles. The van der Waals surface area contributed by atoms with E-state index in [1.165, 1.54) is 18.3 Å². The zero-order chi connectivity index (χ0) is 28.4. The number of hydrogen-bond donors (Lipinski definition) is 1. The molecule has 0 heterocycles. The zero-order valence-electron chi connectivity index (χ0n) is 21.6. The molecule has 0 atom stereocenters. The summed E-state index contributed by atoms with van der Waals surface area (Å²) < 4.78 is 38.7. The van der Waals surface area contributed by atoms with Crippen molar-refractivity contribution in [2.75, 3.05) is 17.5 Å². The fourth-order valence-corrected chi connectivity index (χ4v) is 5.04. The van der Waals surface area contributed by atoms with Gasteiger partial charge in [0.2, 0.25) is 0 Å². The van der Waals surface area contributed by atoms with Crippen LogP contribution in [-0.4, -0.2) is 39.7 Å². The number of ether oxygens (including phenoxy) is 2. The van der Waals surface area contributed by atoms with Gasteiger partial charge in [-0.1, -0.05) is 36.4 Å². The Hall–Kier alpha value is -4.96. The van der Waals surface area contributed by atoms with Crippen molar-refractivity contribution in [3.63, 3.8) is 0 Å². The number of anilines is 1. The Balaban J connectivity index is 1.41. The number of esters is 1. The quantitative estimate of drug-likeness (QED) is 0.124. The second-order valence-electron chi connectivity index (χ2n) is 8.37. The van der Waals surface area contributed by atoms with Crippen molar-refractivity contribution >= 4 is 33.8 Å². The number of hydrazone groups is 1. The van der Waals surface area contributed by atoms with Crippen molar-refractivity contribution in [3.8, 4) is 11.5 Å². The number of para-hydroxylation sites is 1. The minimum absolute atomic E-state index is 0.0177. The van der Waals surface area contributed by atoms with E-state index in [1.807, 2.05) is 13.0 Å². The van der Waals surface area contributed by atoms with Crippen LogP contribution in [0.2, 0.25) is 0 Å². The van der Waals surface area contributed by atoms with E-state index >= 15 is 0 Å². The molecule has 4 aromatic rings. The number of rotatable bonds is 11. The van der Waals surface area contributed by atoms with Crippen LogP contribution in [0.1, 0.15) is 22.8 Å². The SMILES string of the molecule is CCOc1ccc(S(=O)(=O)N(CC(=O)N/N=C/c2ccc(OC(=O)c3ccccc3)cc2)c2ccccc2)cc1. The smallest absolute Gasteiger partial charge is 0.343 e. The molecule has 0 fully saturated rings. The first-order valence-electron chi connectivity index (χ1n) is 12.4. The third-order valence-electron chi connectivity index (χ3n) is 5.56. The van der Waals surface area contributed by atoms with Gasteiger partial charge in [-0.2, -0.15) is 5.10 Å². The number of hydrogen-bond acceptors (Lipinski definition) is 7. The van der Waals surface area contributed by atoms with E-state index in [0.29, 0.717) is 34.9 Å². The lowest BCUT2D eigenvalue weighted by molar-refractivity contribution is -0.119. The number of amides is 1. The summed E-state index contributed by atoms with van der Waals surface area (Å²) in [6.07, 6.45) is 1.40. The van der Waals surface area contributed by atoms with Crippen molar-refractivity contribution < 1.29 is 27.5 Å². The van der Waals surface area contributed by atoms with Gasteiger partial charge in [0.05, 0.1) is 29.0 Å². The maximum Gasteiger partial charge on any atom is 0.343 e. The first-order chi connectivity index (χ1) is 19.4. The van der Waals surface area contributed by atoms with Gasteiger partial charge in [-0.05, 0) is 85.3 Å². The van der Waals surface area contributed by atoms with Crippen LogP contribution < -0.4 is 19.2 Å². The summed E-state index contributed by atoms with van der Waals surface area (Å²) in [5.41, 5.74) is 3.76. The average molecular weight is 558 g/mol. The molecule has 0 spiro atoms. The molecule has 0 aliphatic heterocycles. The average Bonchev–Trinajstić information content (AvgIpc) is 2.98. The molecule has 4 rings (SSSR count).